The van der Waals surface area contributed by atoms with E-state index in [0.717, 1.165) is 30.3 Å². The van der Waals surface area contributed by atoms with Gasteiger partial charge in [-0.25, -0.2) is 9.78 Å². The fourth-order valence-corrected chi connectivity index (χ4v) is 2.58. The molecule has 1 aromatic heterocycles. The van der Waals surface area contributed by atoms with Crippen LogP contribution in [0.15, 0.2) is 5.38 Å². The van der Waals surface area contributed by atoms with Crippen LogP contribution in [0.25, 0.3) is 0 Å². The number of hydrogen-bond acceptors (Lipinski definition) is 4. The Labute approximate surface area is 105 Å². The number of aryl methyl sites for hydroxylation is 1. The van der Waals surface area contributed by atoms with Gasteiger partial charge in [0.2, 0.25) is 0 Å². The molecule has 1 fully saturated rings. The second-order valence-corrected chi connectivity index (χ2v) is 5.29. The number of piperazine rings is 1. The minimum atomic E-state index is 0.00574. The molecule has 2 amide bonds. The number of urea groups is 1. The third-order valence-electron chi connectivity index (χ3n) is 2.71. The maximum absolute atomic E-state index is 11.9. The van der Waals surface area contributed by atoms with Crippen molar-refractivity contribution in [2.24, 2.45) is 0 Å². The van der Waals surface area contributed by atoms with Crippen LogP contribution < -0.4 is 10.6 Å². The number of aromatic nitrogens is 1. The van der Waals surface area contributed by atoms with Gasteiger partial charge in [-0.05, 0) is 13.8 Å². The predicted molar refractivity (Wildman–Crippen MR) is 68.1 cm³/mol. The molecule has 1 aliphatic heterocycles. The number of amides is 2. The topological polar surface area (TPSA) is 57.3 Å². The van der Waals surface area contributed by atoms with Crippen molar-refractivity contribution >= 4 is 17.4 Å². The normalized spacial score (nSPS) is 20.4. The van der Waals surface area contributed by atoms with Crippen molar-refractivity contribution in [3.63, 3.8) is 0 Å². The minimum absolute atomic E-state index is 0.00574. The molecule has 0 spiro atoms. The first-order valence-electron chi connectivity index (χ1n) is 5.82. The van der Waals surface area contributed by atoms with Crippen molar-refractivity contribution < 1.29 is 4.79 Å². The summed E-state index contributed by atoms with van der Waals surface area (Å²) < 4.78 is 0. The van der Waals surface area contributed by atoms with Crippen molar-refractivity contribution in [2.75, 3.05) is 19.6 Å². The molecular weight excluding hydrogens is 236 g/mol. The maximum atomic E-state index is 11.9. The van der Waals surface area contributed by atoms with Crippen molar-refractivity contribution in [3.05, 3.63) is 16.1 Å². The molecule has 1 unspecified atom stereocenters. The fourth-order valence-electron chi connectivity index (χ4n) is 1.86. The van der Waals surface area contributed by atoms with E-state index < -0.39 is 0 Å². The average molecular weight is 254 g/mol. The molecule has 2 heterocycles. The number of carbonyl (C=O) groups is 1. The van der Waals surface area contributed by atoms with Gasteiger partial charge >= 0.3 is 6.03 Å². The van der Waals surface area contributed by atoms with Gasteiger partial charge in [0, 0.05) is 36.8 Å². The highest BCUT2D eigenvalue weighted by molar-refractivity contribution is 7.09. The Morgan fingerprint density at radius 2 is 2.59 bits per heavy atom. The molecule has 0 radical (unpaired) electrons. The molecule has 0 bridgehead atoms. The third-order valence-corrected chi connectivity index (χ3v) is 3.68. The SMILES string of the molecule is Cc1csc(CNC(=O)N2CCNC(C)C2)n1. The Morgan fingerprint density at radius 1 is 1.76 bits per heavy atom. The lowest BCUT2D eigenvalue weighted by molar-refractivity contribution is 0.179. The van der Waals surface area contributed by atoms with E-state index in [9.17, 15) is 4.79 Å². The third kappa shape index (κ3) is 3.41. The largest absolute Gasteiger partial charge is 0.331 e. The smallest absolute Gasteiger partial charge is 0.317 e. The molecule has 1 aliphatic rings. The highest BCUT2D eigenvalue weighted by Crippen LogP contribution is 2.08. The number of hydrogen-bond donors (Lipinski definition) is 2. The Hall–Kier alpha value is -1.14. The second kappa shape index (κ2) is 5.46. The van der Waals surface area contributed by atoms with E-state index in [0.29, 0.717) is 12.6 Å². The molecule has 17 heavy (non-hydrogen) atoms. The van der Waals surface area contributed by atoms with E-state index in [1.165, 1.54) is 0 Å². The van der Waals surface area contributed by atoms with E-state index in [2.05, 4.69) is 22.5 Å². The number of thiazole rings is 1. The van der Waals surface area contributed by atoms with Crippen LogP contribution in [0.2, 0.25) is 0 Å². The molecule has 0 aliphatic carbocycles. The molecule has 1 atom stereocenters. The first-order chi connectivity index (χ1) is 8.15. The number of nitrogens with one attached hydrogen (secondary N) is 2. The molecule has 0 aromatic carbocycles. The summed E-state index contributed by atoms with van der Waals surface area (Å²) in [6.45, 7) is 6.97. The molecule has 1 aromatic rings. The van der Waals surface area contributed by atoms with E-state index >= 15 is 0 Å². The quantitative estimate of drug-likeness (QED) is 0.826. The number of carbonyl (C=O) groups excluding carboxylic acids is 1. The van der Waals surface area contributed by atoms with Crippen molar-refractivity contribution in [3.8, 4) is 0 Å². The van der Waals surface area contributed by atoms with Crippen LogP contribution >= 0.6 is 11.3 Å². The lowest BCUT2D eigenvalue weighted by Crippen LogP contribution is -2.53. The summed E-state index contributed by atoms with van der Waals surface area (Å²) in [5, 5.41) is 9.17. The second-order valence-electron chi connectivity index (χ2n) is 4.34. The summed E-state index contributed by atoms with van der Waals surface area (Å²) in [6, 6.07) is 0.378. The van der Waals surface area contributed by atoms with Gasteiger partial charge in [-0.1, -0.05) is 0 Å². The zero-order valence-corrected chi connectivity index (χ0v) is 11.0. The number of nitrogens with zero attached hydrogens (tertiary/aromatic N) is 2. The highest BCUT2D eigenvalue weighted by atomic mass is 32.1. The summed E-state index contributed by atoms with van der Waals surface area (Å²) in [7, 11) is 0. The van der Waals surface area contributed by atoms with Crippen molar-refractivity contribution in [1.29, 1.82) is 0 Å². The monoisotopic (exact) mass is 254 g/mol. The van der Waals surface area contributed by atoms with Gasteiger partial charge in [-0.15, -0.1) is 11.3 Å². The van der Waals surface area contributed by atoms with Crippen LogP contribution in [0.5, 0.6) is 0 Å². The predicted octanol–water partition coefficient (Wildman–Crippen LogP) is 0.955. The van der Waals surface area contributed by atoms with Crippen LogP contribution in [0.1, 0.15) is 17.6 Å². The van der Waals surface area contributed by atoms with Gasteiger partial charge < -0.3 is 15.5 Å². The lowest BCUT2D eigenvalue weighted by Gasteiger charge is -2.31. The molecule has 1 saturated heterocycles. The lowest BCUT2D eigenvalue weighted by atomic mass is 10.2. The van der Waals surface area contributed by atoms with Gasteiger partial charge in [-0.2, -0.15) is 0 Å². The summed E-state index contributed by atoms with van der Waals surface area (Å²) in [4.78, 5) is 18.1. The maximum Gasteiger partial charge on any atom is 0.317 e. The van der Waals surface area contributed by atoms with Crippen LogP contribution in [-0.2, 0) is 6.54 Å². The molecule has 6 heteroatoms. The zero-order chi connectivity index (χ0) is 12.3. The standard InChI is InChI=1S/C11H18N4OS/c1-8-6-15(4-3-12-8)11(16)13-5-10-14-9(2)7-17-10/h7-8,12H,3-6H2,1-2H3,(H,13,16). The van der Waals surface area contributed by atoms with Crippen LogP contribution in [0, 0.1) is 6.92 Å². The zero-order valence-electron chi connectivity index (χ0n) is 10.2. The molecule has 2 N–H and O–H groups in total. The molecular formula is C11H18N4OS. The fraction of sp³-hybridized carbons (Fsp3) is 0.636. The van der Waals surface area contributed by atoms with Crippen LogP contribution in [-0.4, -0.2) is 41.6 Å². The van der Waals surface area contributed by atoms with Crippen LogP contribution in [0.4, 0.5) is 4.79 Å². The first-order valence-corrected chi connectivity index (χ1v) is 6.70. The van der Waals surface area contributed by atoms with Crippen LogP contribution in [0.3, 0.4) is 0 Å². The van der Waals surface area contributed by atoms with Crippen molar-refractivity contribution in [1.82, 2.24) is 20.5 Å². The summed E-state index contributed by atoms with van der Waals surface area (Å²) in [5.74, 6) is 0. The molecule has 5 nitrogen and oxygen atoms in total. The molecule has 94 valence electrons. The van der Waals surface area contributed by atoms with E-state index in [4.69, 9.17) is 0 Å². The summed E-state index contributed by atoms with van der Waals surface area (Å²) in [6.07, 6.45) is 0. The Bertz CT molecular complexity index is 393. The Balaban J connectivity index is 1.80. The number of rotatable bonds is 2. The van der Waals surface area contributed by atoms with Gasteiger partial charge in [0.15, 0.2) is 0 Å². The highest BCUT2D eigenvalue weighted by Gasteiger charge is 2.20. The molecule has 0 saturated carbocycles. The summed E-state index contributed by atoms with van der Waals surface area (Å²) >= 11 is 1.58. The van der Waals surface area contributed by atoms with E-state index in [1.807, 2.05) is 17.2 Å². The average Bonchev–Trinajstić information content (AvgIpc) is 2.72. The van der Waals surface area contributed by atoms with E-state index in [1.54, 1.807) is 11.3 Å². The molecule has 2 rings (SSSR count). The Morgan fingerprint density at radius 3 is 3.24 bits per heavy atom. The first kappa shape index (κ1) is 12.3. The van der Waals surface area contributed by atoms with Gasteiger partial charge in [-0.3, -0.25) is 0 Å². The van der Waals surface area contributed by atoms with Gasteiger partial charge in [0.25, 0.3) is 0 Å². The summed E-state index contributed by atoms with van der Waals surface area (Å²) in [5.41, 5.74) is 1.01. The van der Waals surface area contributed by atoms with Gasteiger partial charge in [0.1, 0.15) is 5.01 Å². The minimum Gasteiger partial charge on any atom is -0.331 e. The van der Waals surface area contributed by atoms with Gasteiger partial charge in [0.05, 0.1) is 6.54 Å². The Kier molecular flexibility index (Phi) is 3.96. The van der Waals surface area contributed by atoms with E-state index in [-0.39, 0.29) is 6.03 Å². The van der Waals surface area contributed by atoms with Crippen molar-refractivity contribution in [2.45, 2.75) is 26.4 Å².